The summed E-state index contributed by atoms with van der Waals surface area (Å²) in [5, 5.41) is 0.956. The zero-order valence-electron chi connectivity index (χ0n) is 14.5. The molecule has 0 radical (unpaired) electrons. The number of benzene rings is 1. The molecule has 1 saturated heterocycles. The molecule has 3 rings (SSSR count). The molecule has 0 spiro atoms. The summed E-state index contributed by atoms with van der Waals surface area (Å²) in [5.41, 5.74) is 8.49. The third-order valence-electron chi connectivity index (χ3n) is 4.48. The Hall–Kier alpha value is -1.72. The minimum Gasteiger partial charge on any atom is -0.336 e. The normalized spacial score (nSPS) is 20.8. The van der Waals surface area contributed by atoms with Gasteiger partial charge in [0.15, 0.2) is 0 Å². The van der Waals surface area contributed by atoms with Crippen LogP contribution < -0.4 is 5.73 Å². The van der Waals surface area contributed by atoms with Gasteiger partial charge >= 0.3 is 0 Å². The molecule has 0 unspecified atom stereocenters. The van der Waals surface area contributed by atoms with Crippen LogP contribution in [0.2, 0.25) is 0 Å². The summed E-state index contributed by atoms with van der Waals surface area (Å²) in [4.78, 5) is 20.3. The SMILES string of the molecule is Cc1nc(CC(C)C)c(C(=O)N2C[C@@H](N)[C@H](c3ccccc3)C2)s1. The first kappa shape index (κ1) is 17.1. The Kier molecular flexibility index (Phi) is 5.01. The molecule has 1 fully saturated rings. The van der Waals surface area contributed by atoms with E-state index in [1.54, 1.807) is 0 Å². The highest BCUT2D eigenvalue weighted by molar-refractivity contribution is 7.13. The summed E-state index contributed by atoms with van der Waals surface area (Å²) in [5.74, 6) is 0.777. The fourth-order valence-electron chi connectivity index (χ4n) is 3.35. The van der Waals surface area contributed by atoms with Crippen molar-refractivity contribution in [2.75, 3.05) is 13.1 Å². The van der Waals surface area contributed by atoms with Crippen LogP contribution in [0.25, 0.3) is 0 Å². The predicted molar refractivity (Wildman–Crippen MR) is 98.5 cm³/mol. The van der Waals surface area contributed by atoms with Crippen LogP contribution in [-0.4, -0.2) is 34.9 Å². The van der Waals surface area contributed by atoms with E-state index in [4.69, 9.17) is 5.73 Å². The van der Waals surface area contributed by atoms with Crippen molar-refractivity contribution in [3.63, 3.8) is 0 Å². The largest absolute Gasteiger partial charge is 0.336 e. The van der Waals surface area contributed by atoms with Crippen LogP contribution in [0, 0.1) is 12.8 Å². The van der Waals surface area contributed by atoms with Gasteiger partial charge in [0.1, 0.15) is 4.88 Å². The Balaban J connectivity index is 1.79. The molecule has 0 saturated carbocycles. The van der Waals surface area contributed by atoms with E-state index in [2.05, 4.69) is 31.0 Å². The van der Waals surface area contributed by atoms with E-state index in [0.717, 1.165) is 22.0 Å². The van der Waals surface area contributed by atoms with E-state index < -0.39 is 0 Å². The summed E-state index contributed by atoms with van der Waals surface area (Å²) < 4.78 is 0. The molecule has 2 atom stereocenters. The maximum atomic E-state index is 13.0. The number of amides is 1. The second-order valence-electron chi connectivity index (χ2n) is 7.00. The van der Waals surface area contributed by atoms with E-state index in [1.807, 2.05) is 30.0 Å². The fourth-order valence-corrected chi connectivity index (χ4v) is 4.27. The number of likely N-dealkylation sites (tertiary alicyclic amines) is 1. The van der Waals surface area contributed by atoms with Crippen LogP contribution in [0.15, 0.2) is 30.3 Å². The second-order valence-corrected chi connectivity index (χ2v) is 8.20. The molecule has 1 aromatic carbocycles. The molecule has 1 aliphatic heterocycles. The van der Waals surface area contributed by atoms with E-state index in [0.29, 0.717) is 19.0 Å². The van der Waals surface area contributed by atoms with Gasteiger partial charge in [0, 0.05) is 25.0 Å². The lowest BCUT2D eigenvalue weighted by molar-refractivity contribution is 0.0792. The number of carbonyl (C=O) groups excluding carboxylic acids is 1. The standard InChI is InChI=1S/C19H25N3OS/c1-12(2)9-17-18(24-13(3)21-17)19(23)22-10-15(16(20)11-22)14-7-5-4-6-8-14/h4-8,12,15-16H,9-11,20H2,1-3H3/t15-,16+/m0/s1. The number of hydrogen-bond donors (Lipinski definition) is 1. The van der Waals surface area contributed by atoms with Gasteiger partial charge in [-0.2, -0.15) is 0 Å². The lowest BCUT2D eigenvalue weighted by atomic mass is 9.95. The summed E-state index contributed by atoms with van der Waals surface area (Å²) in [6.07, 6.45) is 0.841. The first-order chi connectivity index (χ1) is 11.5. The minimum atomic E-state index is -0.0149. The number of nitrogens with zero attached hydrogens (tertiary/aromatic N) is 2. The number of hydrogen-bond acceptors (Lipinski definition) is 4. The number of aryl methyl sites for hydroxylation is 1. The van der Waals surface area contributed by atoms with E-state index in [-0.39, 0.29) is 17.9 Å². The van der Waals surface area contributed by atoms with Gasteiger partial charge in [0.25, 0.3) is 5.91 Å². The number of nitrogens with two attached hydrogens (primary N) is 1. The summed E-state index contributed by atoms with van der Waals surface area (Å²) in [7, 11) is 0. The number of carbonyl (C=O) groups is 1. The van der Waals surface area contributed by atoms with Gasteiger partial charge in [-0.05, 0) is 24.8 Å². The van der Waals surface area contributed by atoms with Crippen LogP contribution in [0.1, 0.15) is 45.7 Å². The Morgan fingerprint density at radius 1 is 1.33 bits per heavy atom. The first-order valence-corrected chi connectivity index (χ1v) is 9.33. The molecule has 1 aromatic heterocycles. The predicted octanol–water partition coefficient (Wildman–Crippen LogP) is 3.22. The highest BCUT2D eigenvalue weighted by Gasteiger charge is 2.35. The van der Waals surface area contributed by atoms with Crippen molar-refractivity contribution in [1.29, 1.82) is 0 Å². The molecule has 2 N–H and O–H groups in total. The maximum Gasteiger partial charge on any atom is 0.265 e. The smallest absolute Gasteiger partial charge is 0.265 e. The van der Waals surface area contributed by atoms with Crippen LogP contribution in [-0.2, 0) is 6.42 Å². The zero-order valence-corrected chi connectivity index (χ0v) is 15.3. The van der Waals surface area contributed by atoms with Crippen molar-refractivity contribution in [3.8, 4) is 0 Å². The molecule has 1 amide bonds. The molecule has 0 aliphatic carbocycles. The Bertz CT molecular complexity index is 711. The Morgan fingerprint density at radius 2 is 2.04 bits per heavy atom. The van der Waals surface area contributed by atoms with Crippen LogP contribution in [0.3, 0.4) is 0 Å². The van der Waals surface area contributed by atoms with Crippen molar-refractivity contribution >= 4 is 17.2 Å². The highest BCUT2D eigenvalue weighted by Crippen LogP contribution is 2.30. The van der Waals surface area contributed by atoms with E-state index in [9.17, 15) is 4.79 Å². The maximum absolute atomic E-state index is 13.0. The lowest BCUT2D eigenvalue weighted by Crippen LogP contribution is -2.32. The summed E-state index contributed by atoms with van der Waals surface area (Å²) in [6, 6.07) is 10.2. The number of rotatable bonds is 4. The van der Waals surface area contributed by atoms with Gasteiger partial charge in [-0.25, -0.2) is 4.98 Å². The summed E-state index contributed by atoms with van der Waals surface area (Å²) >= 11 is 1.51. The molecule has 5 heteroatoms. The summed E-state index contributed by atoms with van der Waals surface area (Å²) in [6.45, 7) is 7.56. The van der Waals surface area contributed by atoms with Gasteiger partial charge in [0.05, 0.1) is 10.7 Å². The Labute approximate surface area is 147 Å². The molecule has 4 nitrogen and oxygen atoms in total. The zero-order chi connectivity index (χ0) is 17.3. The molecule has 2 heterocycles. The average Bonchev–Trinajstić information content (AvgIpc) is 3.10. The highest BCUT2D eigenvalue weighted by atomic mass is 32.1. The van der Waals surface area contributed by atoms with Crippen molar-refractivity contribution in [3.05, 3.63) is 51.5 Å². The van der Waals surface area contributed by atoms with Gasteiger partial charge in [0.2, 0.25) is 0 Å². The average molecular weight is 343 g/mol. The topological polar surface area (TPSA) is 59.2 Å². The monoisotopic (exact) mass is 343 g/mol. The van der Waals surface area contributed by atoms with Crippen LogP contribution in [0.4, 0.5) is 0 Å². The third kappa shape index (κ3) is 3.52. The van der Waals surface area contributed by atoms with Crippen molar-refractivity contribution in [1.82, 2.24) is 9.88 Å². The van der Waals surface area contributed by atoms with E-state index in [1.165, 1.54) is 16.9 Å². The molecule has 128 valence electrons. The number of aromatic nitrogens is 1. The first-order valence-electron chi connectivity index (χ1n) is 8.51. The second kappa shape index (κ2) is 7.03. The Morgan fingerprint density at radius 3 is 2.71 bits per heavy atom. The third-order valence-corrected chi connectivity index (χ3v) is 5.48. The van der Waals surface area contributed by atoms with Gasteiger partial charge in [-0.1, -0.05) is 44.2 Å². The molecular formula is C19H25N3OS. The lowest BCUT2D eigenvalue weighted by Gasteiger charge is -2.16. The van der Waals surface area contributed by atoms with Gasteiger partial charge in [-0.15, -0.1) is 11.3 Å². The van der Waals surface area contributed by atoms with Crippen molar-refractivity contribution in [2.45, 2.75) is 39.2 Å². The van der Waals surface area contributed by atoms with Crippen molar-refractivity contribution < 1.29 is 4.79 Å². The molecule has 24 heavy (non-hydrogen) atoms. The minimum absolute atomic E-state index is 0.0149. The van der Waals surface area contributed by atoms with Gasteiger partial charge in [-0.3, -0.25) is 4.79 Å². The van der Waals surface area contributed by atoms with E-state index >= 15 is 0 Å². The quantitative estimate of drug-likeness (QED) is 0.927. The van der Waals surface area contributed by atoms with Gasteiger partial charge < -0.3 is 10.6 Å². The molecule has 2 aromatic rings. The van der Waals surface area contributed by atoms with Crippen LogP contribution >= 0.6 is 11.3 Å². The van der Waals surface area contributed by atoms with Crippen LogP contribution in [0.5, 0.6) is 0 Å². The number of thiazole rings is 1. The van der Waals surface area contributed by atoms with Crippen molar-refractivity contribution in [2.24, 2.45) is 11.7 Å². The molecule has 0 bridgehead atoms. The molecular weight excluding hydrogens is 318 g/mol. The molecule has 1 aliphatic rings. The fraction of sp³-hybridized carbons (Fsp3) is 0.474.